The Balaban J connectivity index is 2.10. The molecule has 0 atom stereocenters. The van der Waals surface area contributed by atoms with Gasteiger partial charge in [-0.1, -0.05) is 29.8 Å². The highest BCUT2D eigenvalue weighted by atomic mass is 35.5. The van der Waals surface area contributed by atoms with E-state index in [-0.39, 0.29) is 11.3 Å². The number of halogens is 1. The molecule has 3 nitrogen and oxygen atoms in total. The van der Waals surface area contributed by atoms with Gasteiger partial charge in [0.25, 0.3) is 5.56 Å². The summed E-state index contributed by atoms with van der Waals surface area (Å²) in [5.74, 6) is 0.132. The van der Waals surface area contributed by atoms with E-state index >= 15 is 0 Å². The Morgan fingerprint density at radius 3 is 2.84 bits per heavy atom. The average Bonchev–Trinajstić information content (AvgIpc) is 2.86. The van der Waals surface area contributed by atoms with Crippen molar-refractivity contribution in [2.24, 2.45) is 0 Å². The van der Waals surface area contributed by atoms with Crippen LogP contribution in [-0.2, 0) is 19.4 Å². The van der Waals surface area contributed by atoms with Gasteiger partial charge in [-0.25, -0.2) is 0 Å². The molecule has 4 heteroatoms. The minimum absolute atomic E-state index is 0.132. The normalized spacial score (nSPS) is 13.5. The van der Waals surface area contributed by atoms with E-state index in [0.29, 0.717) is 11.6 Å². The Labute approximate surface area is 116 Å². The molecule has 1 aromatic carbocycles. The van der Waals surface area contributed by atoms with Crippen LogP contribution in [-0.4, -0.2) is 9.67 Å². The molecule has 0 saturated carbocycles. The second kappa shape index (κ2) is 4.74. The zero-order chi connectivity index (χ0) is 13.4. The number of fused-ring (bicyclic) bond motifs is 1. The molecule has 0 amide bonds. The van der Waals surface area contributed by atoms with Crippen LogP contribution in [0, 0.1) is 0 Å². The average molecular weight is 276 g/mol. The number of nitrogens with zero attached hydrogens (tertiary/aromatic N) is 1. The van der Waals surface area contributed by atoms with Crippen molar-refractivity contribution < 1.29 is 5.11 Å². The molecule has 1 aliphatic carbocycles. The van der Waals surface area contributed by atoms with Crippen molar-refractivity contribution >= 4 is 11.6 Å². The molecule has 0 saturated heterocycles. The van der Waals surface area contributed by atoms with Gasteiger partial charge in [0.05, 0.1) is 6.54 Å². The number of hydrogen-bond acceptors (Lipinski definition) is 2. The van der Waals surface area contributed by atoms with Gasteiger partial charge >= 0.3 is 0 Å². The first kappa shape index (κ1) is 12.3. The lowest BCUT2D eigenvalue weighted by atomic mass is 10.1. The van der Waals surface area contributed by atoms with Crippen LogP contribution in [0.4, 0.5) is 0 Å². The van der Waals surface area contributed by atoms with E-state index in [4.69, 9.17) is 11.6 Å². The second-order valence-corrected chi connectivity index (χ2v) is 5.23. The molecule has 1 aromatic heterocycles. The monoisotopic (exact) mass is 275 g/mol. The van der Waals surface area contributed by atoms with Gasteiger partial charge in [-0.15, -0.1) is 0 Å². The molecule has 0 bridgehead atoms. The van der Waals surface area contributed by atoms with Gasteiger partial charge in [0.1, 0.15) is 5.75 Å². The van der Waals surface area contributed by atoms with Crippen LogP contribution in [0.15, 0.2) is 35.1 Å². The zero-order valence-electron chi connectivity index (χ0n) is 10.4. The summed E-state index contributed by atoms with van der Waals surface area (Å²) in [6.45, 7) is 0.459. The predicted octanol–water partition coefficient (Wildman–Crippen LogP) is 2.74. The highest BCUT2D eigenvalue weighted by Gasteiger charge is 2.20. The van der Waals surface area contributed by atoms with Crippen molar-refractivity contribution in [2.75, 3.05) is 0 Å². The van der Waals surface area contributed by atoms with Gasteiger partial charge in [0.2, 0.25) is 0 Å². The number of benzene rings is 1. The highest BCUT2D eigenvalue weighted by Crippen LogP contribution is 2.28. The third-order valence-electron chi connectivity index (χ3n) is 3.64. The molecule has 19 heavy (non-hydrogen) atoms. The van der Waals surface area contributed by atoms with Gasteiger partial charge in [-0.05, 0) is 30.9 Å². The summed E-state index contributed by atoms with van der Waals surface area (Å²) in [5.41, 5.74) is 2.61. The molecule has 0 fully saturated rings. The first-order valence-corrected chi connectivity index (χ1v) is 6.72. The maximum absolute atomic E-state index is 12.1. The summed E-state index contributed by atoms with van der Waals surface area (Å²) >= 11 is 6.14. The van der Waals surface area contributed by atoms with E-state index in [0.717, 1.165) is 36.1 Å². The largest absolute Gasteiger partial charge is 0.507 e. The van der Waals surface area contributed by atoms with E-state index < -0.39 is 0 Å². The van der Waals surface area contributed by atoms with Crippen LogP contribution in [0.3, 0.4) is 0 Å². The van der Waals surface area contributed by atoms with E-state index in [9.17, 15) is 9.90 Å². The Hall–Kier alpha value is -1.74. The van der Waals surface area contributed by atoms with Crippen molar-refractivity contribution in [2.45, 2.75) is 25.8 Å². The molecule has 0 unspecified atom stereocenters. The molecule has 1 aliphatic rings. The third-order valence-corrected chi connectivity index (χ3v) is 4.00. The van der Waals surface area contributed by atoms with E-state index in [1.807, 2.05) is 24.3 Å². The lowest BCUT2D eigenvalue weighted by Crippen LogP contribution is -2.23. The van der Waals surface area contributed by atoms with E-state index in [1.54, 1.807) is 4.57 Å². The SMILES string of the molecule is O=c1cc(O)c2c(n1Cc1ccccc1Cl)CCC2. The van der Waals surface area contributed by atoms with Crippen LogP contribution in [0.5, 0.6) is 5.75 Å². The fraction of sp³-hybridized carbons (Fsp3) is 0.267. The van der Waals surface area contributed by atoms with Crippen molar-refractivity contribution in [3.63, 3.8) is 0 Å². The molecule has 2 aromatic rings. The fourth-order valence-corrected chi connectivity index (χ4v) is 2.88. The molecule has 3 rings (SSSR count). The van der Waals surface area contributed by atoms with Gasteiger partial charge in [-0.2, -0.15) is 0 Å². The van der Waals surface area contributed by atoms with Crippen LogP contribution >= 0.6 is 11.6 Å². The number of pyridine rings is 1. The quantitative estimate of drug-likeness (QED) is 0.916. The lowest BCUT2D eigenvalue weighted by molar-refractivity contribution is 0.464. The van der Waals surface area contributed by atoms with Gasteiger partial charge in [0.15, 0.2) is 0 Å². The molecule has 1 N–H and O–H groups in total. The molecular weight excluding hydrogens is 262 g/mol. The van der Waals surface area contributed by atoms with Crippen molar-refractivity contribution in [1.29, 1.82) is 0 Å². The number of aromatic nitrogens is 1. The highest BCUT2D eigenvalue weighted by molar-refractivity contribution is 6.31. The predicted molar refractivity (Wildman–Crippen MR) is 74.9 cm³/mol. The van der Waals surface area contributed by atoms with Crippen LogP contribution < -0.4 is 5.56 Å². The number of hydrogen-bond donors (Lipinski definition) is 1. The first-order chi connectivity index (χ1) is 9.16. The summed E-state index contributed by atoms with van der Waals surface area (Å²) in [7, 11) is 0. The smallest absolute Gasteiger partial charge is 0.254 e. The second-order valence-electron chi connectivity index (χ2n) is 4.82. The number of aromatic hydroxyl groups is 1. The first-order valence-electron chi connectivity index (χ1n) is 6.35. The lowest BCUT2D eigenvalue weighted by Gasteiger charge is -2.13. The zero-order valence-corrected chi connectivity index (χ0v) is 11.2. The Morgan fingerprint density at radius 2 is 2.05 bits per heavy atom. The maximum Gasteiger partial charge on any atom is 0.254 e. The number of rotatable bonds is 2. The third kappa shape index (κ3) is 2.15. The summed E-state index contributed by atoms with van der Waals surface area (Å²) < 4.78 is 1.73. The Bertz CT molecular complexity index is 691. The minimum atomic E-state index is -0.168. The van der Waals surface area contributed by atoms with Crippen LogP contribution in [0.2, 0.25) is 5.02 Å². The van der Waals surface area contributed by atoms with Crippen molar-refractivity contribution in [3.05, 3.63) is 62.5 Å². The van der Waals surface area contributed by atoms with Crippen LogP contribution in [0.25, 0.3) is 0 Å². The van der Waals surface area contributed by atoms with E-state index in [2.05, 4.69) is 0 Å². The van der Waals surface area contributed by atoms with Crippen LogP contribution in [0.1, 0.15) is 23.2 Å². The Kier molecular flexibility index (Phi) is 3.07. The van der Waals surface area contributed by atoms with Gasteiger partial charge in [0, 0.05) is 22.3 Å². The maximum atomic E-state index is 12.1. The molecule has 0 aliphatic heterocycles. The van der Waals surface area contributed by atoms with Crippen molar-refractivity contribution in [1.82, 2.24) is 4.57 Å². The fourth-order valence-electron chi connectivity index (χ4n) is 2.69. The minimum Gasteiger partial charge on any atom is -0.507 e. The summed E-state index contributed by atoms with van der Waals surface area (Å²) in [6.07, 6.45) is 2.66. The molecule has 1 heterocycles. The topological polar surface area (TPSA) is 42.2 Å². The van der Waals surface area contributed by atoms with Gasteiger partial charge in [-0.3, -0.25) is 4.79 Å². The summed E-state index contributed by atoms with van der Waals surface area (Å²) in [5, 5.41) is 10.5. The standard InChI is InChI=1S/C15H14ClNO2/c16-12-6-2-1-4-10(12)9-17-13-7-3-5-11(13)14(18)8-15(17)19/h1-2,4,6,8,18H,3,5,7,9H2. The Morgan fingerprint density at radius 1 is 1.26 bits per heavy atom. The van der Waals surface area contributed by atoms with Gasteiger partial charge < -0.3 is 9.67 Å². The molecule has 0 radical (unpaired) electrons. The van der Waals surface area contributed by atoms with Crippen molar-refractivity contribution in [3.8, 4) is 5.75 Å². The molecule has 0 spiro atoms. The summed E-state index contributed by atoms with van der Waals surface area (Å²) in [6, 6.07) is 8.83. The molecular formula is C15H14ClNO2. The van der Waals surface area contributed by atoms with E-state index in [1.165, 1.54) is 6.07 Å². The summed E-state index contributed by atoms with van der Waals surface area (Å²) in [4.78, 5) is 12.1. The molecule has 98 valence electrons.